The Morgan fingerprint density at radius 1 is 0.861 bits per heavy atom. The van der Waals surface area contributed by atoms with Crippen LogP contribution in [0.4, 0.5) is 5.69 Å². The molecule has 0 saturated heterocycles. The number of aryl methyl sites for hydroxylation is 1. The van der Waals surface area contributed by atoms with Crippen molar-refractivity contribution in [1.29, 1.82) is 0 Å². The standard InChI is InChI=1S/C30H34N2O3S/c1-4-5-6-13-22-27-29(25-20-14-15-21-26(25)31(27)2)28(23-16-9-7-10-17-23)30(33)32(36(3,34)35)24-18-11-8-12-19-24/h7-12,14-21,28H,4-6,13,22H2,1-3H3. The van der Waals surface area contributed by atoms with Crippen molar-refractivity contribution in [2.24, 2.45) is 7.05 Å². The van der Waals surface area contributed by atoms with Crippen molar-refractivity contribution in [3.63, 3.8) is 0 Å². The van der Waals surface area contributed by atoms with Crippen molar-refractivity contribution in [2.75, 3.05) is 10.6 Å². The van der Waals surface area contributed by atoms with E-state index in [9.17, 15) is 13.2 Å². The third kappa shape index (κ3) is 5.24. The number of rotatable bonds is 10. The van der Waals surface area contributed by atoms with Gasteiger partial charge in [0, 0.05) is 23.6 Å². The fourth-order valence-electron chi connectivity index (χ4n) is 5.06. The summed E-state index contributed by atoms with van der Waals surface area (Å²) < 4.78 is 29.2. The second-order valence-corrected chi connectivity index (χ2v) is 11.1. The first-order chi connectivity index (χ1) is 17.3. The number of amides is 1. The highest BCUT2D eigenvalue weighted by atomic mass is 32.2. The van der Waals surface area contributed by atoms with Crippen molar-refractivity contribution in [1.82, 2.24) is 4.57 Å². The molecule has 6 heteroatoms. The zero-order chi connectivity index (χ0) is 25.7. The first-order valence-corrected chi connectivity index (χ1v) is 14.4. The summed E-state index contributed by atoms with van der Waals surface area (Å²) in [6.45, 7) is 2.19. The number of anilines is 1. The van der Waals surface area contributed by atoms with Gasteiger partial charge in [0.15, 0.2) is 0 Å². The van der Waals surface area contributed by atoms with Gasteiger partial charge in [-0.3, -0.25) is 4.79 Å². The summed E-state index contributed by atoms with van der Waals surface area (Å²) in [5.74, 6) is -1.24. The Hall–Kier alpha value is -3.38. The molecule has 4 rings (SSSR count). The van der Waals surface area contributed by atoms with E-state index in [0.717, 1.165) is 70.4 Å². The number of carbonyl (C=O) groups excluding carboxylic acids is 1. The van der Waals surface area contributed by atoms with Gasteiger partial charge in [-0.2, -0.15) is 0 Å². The largest absolute Gasteiger partial charge is 0.347 e. The second-order valence-electron chi connectivity index (χ2n) is 9.29. The number of unbranched alkanes of at least 4 members (excludes halogenated alkanes) is 3. The van der Waals surface area contributed by atoms with Crippen molar-refractivity contribution in [3.8, 4) is 0 Å². The van der Waals surface area contributed by atoms with Gasteiger partial charge in [0.1, 0.15) is 0 Å². The molecule has 1 atom stereocenters. The molecule has 0 saturated carbocycles. The lowest BCUT2D eigenvalue weighted by Gasteiger charge is -2.27. The molecular weight excluding hydrogens is 468 g/mol. The first-order valence-electron chi connectivity index (χ1n) is 12.5. The second kappa shape index (κ2) is 11.1. The summed E-state index contributed by atoms with van der Waals surface area (Å²) in [6, 6.07) is 26.2. The molecule has 0 radical (unpaired) electrons. The number of aromatic nitrogens is 1. The van der Waals surface area contributed by atoms with Gasteiger partial charge >= 0.3 is 0 Å². The van der Waals surface area contributed by atoms with Gasteiger partial charge in [-0.1, -0.05) is 92.9 Å². The van der Waals surface area contributed by atoms with Crippen molar-refractivity contribution >= 4 is 32.5 Å². The summed E-state index contributed by atoms with van der Waals surface area (Å²) in [6.07, 6.45) is 6.34. The average Bonchev–Trinajstić information content (AvgIpc) is 3.14. The number of nitrogens with zero attached hydrogens (tertiary/aromatic N) is 2. The number of carbonyl (C=O) groups is 1. The fourth-order valence-corrected chi connectivity index (χ4v) is 6.00. The van der Waals surface area contributed by atoms with E-state index < -0.39 is 21.8 Å². The van der Waals surface area contributed by atoms with E-state index in [2.05, 4.69) is 17.6 Å². The van der Waals surface area contributed by atoms with Gasteiger partial charge in [0.2, 0.25) is 10.0 Å². The zero-order valence-electron chi connectivity index (χ0n) is 21.2. The van der Waals surface area contributed by atoms with Crippen LogP contribution in [-0.2, 0) is 28.3 Å². The van der Waals surface area contributed by atoms with E-state index in [1.807, 2.05) is 61.6 Å². The van der Waals surface area contributed by atoms with Crippen LogP contribution in [0.15, 0.2) is 84.9 Å². The van der Waals surface area contributed by atoms with E-state index in [-0.39, 0.29) is 0 Å². The van der Waals surface area contributed by atoms with Crippen LogP contribution in [0.5, 0.6) is 0 Å². The number of hydrogen-bond donors (Lipinski definition) is 0. The summed E-state index contributed by atoms with van der Waals surface area (Å²) in [5, 5.41) is 0.981. The molecule has 0 spiro atoms. The zero-order valence-corrected chi connectivity index (χ0v) is 22.0. The lowest BCUT2D eigenvalue weighted by Crippen LogP contribution is -2.40. The molecule has 1 aromatic heterocycles. The summed E-state index contributed by atoms with van der Waals surface area (Å²) in [4.78, 5) is 14.4. The molecular formula is C30H34N2O3S. The molecule has 0 aliphatic carbocycles. The highest BCUT2D eigenvalue weighted by Gasteiger charge is 2.37. The maximum atomic E-state index is 14.4. The van der Waals surface area contributed by atoms with Crippen LogP contribution < -0.4 is 4.31 Å². The molecule has 1 amide bonds. The number of fused-ring (bicyclic) bond motifs is 1. The summed E-state index contributed by atoms with van der Waals surface area (Å²) in [7, 11) is -1.84. The van der Waals surface area contributed by atoms with E-state index in [0.29, 0.717) is 5.69 Å². The Labute approximate surface area is 214 Å². The Bertz CT molecular complexity index is 1430. The number of benzene rings is 3. The van der Waals surface area contributed by atoms with Crippen LogP contribution in [0, 0.1) is 0 Å². The van der Waals surface area contributed by atoms with Crippen LogP contribution in [0.25, 0.3) is 10.9 Å². The molecule has 36 heavy (non-hydrogen) atoms. The molecule has 0 aliphatic heterocycles. The van der Waals surface area contributed by atoms with Gasteiger partial charge in [-0.15, -0.1) is 0 Å². The maximum Gasteiger partial charge on any atom is 0.252 e. The highest BCUT2D eigenvalue weighted by molar-refractivity contribution is 7.92. The SMILES string of the molecule is CCCCCCc1c(C(C(=O)N(c2ccccc2)S(C)(=O)=O)c2ccccc2)c2ccccc2n1C. The van der Waals surface area contributed by atoms with E-state index >= 15 is 0 Å². The predicted octanol–water partition coefficient (Wildman–Crippen LogP) is 6.43. The van der Waals surface area contributed by atoms with Crippen LogP contribution in [-0.4, -0.2) is 25.1 Å². The Morgan fingerprint density at radius 2 is 1.47 bits per heavy atom. The number of sulfonamides is 1. The molecule has 1 heterocycles. The molecule has 4 aromatic rings. The number of para-hydroxylation sites is 2. The summed E-state index contributed by atoms with van der Waals surface area (Å²) >= 11 is 0. The first kappa shape index (κ1) is 25.7. The summed E-state index contributed by atoms with van der Waals surface area (Å²) in [5.41, 5.74) is 4.13. The Kier molecular flexibility index (Phi) is 7.94. The minimum absolute atomic E-state index is 0.343. The molecule has 5 nitrogen and oxygen atoms in total. The predicted molar refractivity (Wildman–Crippen MR) is 148 cm³/mol. The van der Waals surface area contributed by atoms with Crippen LogP contribution in [0.3, 0.4) is 0 Å². The lowest BCUT2D eigenvalue weighted by molar-refractivity contribution is -0.118. The van der Waals surface area contributed by atoms with E-state index in [4.69, 9.17) is 0 Å². The average molecular weight is 503 g/mol. The number of hydrogen-bond acceptors (Lipinski definition) is 3. The normalized spacial score (nSPS) is 12.5. The minimum atomic E-state index is -3.88. The molecule has 0 aliphatic rings. The maximum absolute atomic E-state index is 14.4. The van der Waals surface area contributed by atoms with Crippen molar-refractivity contribution < 1.29 is 13.2 Å². The minimum Gasteiger partial charge on any atom is -0.347 e. The van der Waals surface area contributed by atoms with E-state index in [1.54, 1.807) is 24.3 Å². The third-order valence-corrected chi connectivity index (χ3v) is 7.78. The molecule has 188 valence electrons. The highest BCUT2D eigenvalue weighted by Crippen LogP contribution is 2.39. The van der Waals surface area contributed by atoms with Gasteiger partial charge in [-0.05, 0) is 42.2 Å². The van der Waals surface area contributed by atoms with Crippen LogP contribution in [0.2, 0.25) is 0 Å². The van der Waals surface area contributed by atoms with Crippen molar-refractivity contribution in [2.45, 2.75) is 44.9 Å². The smallest absolute Gasteiger partial charge is 0.252 e. The fraction of sp³-hybridized carbons (Fsp3) is 0.300. The van der Waals surface area contributed by atoms with Gasteiger partial charge in [0.05, 0.1) is 17.9 Å². The van der Waals surface area contributed by atoms with E-state index in [1.165, 1.54) is 0 Å². The molecule has 0 fully saturated rings. The van der Waals surface area contributed by atoms with Gasteiger partial charge in [-0.25, -0.2) is 12.7 Å². The Balaban J connectivity index is 1.95. The van der Waals surface area contributed by atoms with Crippen LogP contribution >= 0.6 is 0 Å². The third-order valence-electron chi connectivity index (χ3n) is 6.73. The topological polar surface area (TPSA) is 59.4 Å². The quantitative estimate of drug-likeness (QED) is 0.235. The Morgan fingerprint density at radius 3 is 2.11 bits per heavy atom. The molecule has 0 bridgehead atoms. The van der Waals surface area contributed by atoms with Crippen molar-refractivity contribution in [3.05, 3.63) is 102 Å². The van der Waals surface area contributed by atoms with Gasteiger partial charge in [0.25, 0.3) is 5.91 Å². The molecule has 0 N–H and O–H groups in total. The molecule has 1 unspecified atom stereocenters. The lowest BCUT2D eigenvalue weighted by atomic mass is 9.87. The van der Waals surface area contributed by atoms with Crippen LogP contribution in [0.1, 0.15) is 55.3 Å². The monoisotopic (exact) mass is 502 g/mol. The van der Waals surface area contributed by atoms with Gasteiger partial charge < -0.3 is 4.57 Å². The molecule has 3 aromatic carbocycles.